The Hall–Kier alpha value is -1.68. The van der Waals surface area contributed by atoms with Gasteiger partial charge in [0.15, 0.2) is 0 Å². The SMILES string of the molecule is COC(C)(C)C(N)CCN(Cc1ccccc1)Cc1ccccc1. The largest absolute Gasteiger partial charge is 0.377 e. The molecule has 2 aromatic carbocycles. The van der Waals surface area contributed by atoms with Crippen LogP contribution >= 0.6 is 0 Å². The van der Waals surface area contributed by atoms with E-state index in [1.165, 1.54) is 11.1 Å². The Morgan fingerprint density at radius 1 is 0.917 bits per heavy atom. The average molecular weight is 326 g/mol. The third-order valence-corrected chi connectivity index (χ3v) is 4.67. The van der Waals surface area contributed by atoms with E-state index in [1.807, 2.05) is 0 Å². The number of methoxy groups -OCH3 is 1. The summed E-state index contributed by atoms with van der Waals surface area (Å²) in [5.74, 6) is 0. The fourth-order valence-corrected chi connectivity index (χ4v) is 2.72. The van der Waals surface area contributed by atoms with Crippen molar-refractivity contribution in [3.63, 3.8) is 0 Å². The molecule has 0 amide bonds. The normalized spacial score (nSPS) is 13.2. The summed E-state index contributed by atoms with van der Waals surface area (Å²) in [5.41, 5.74) is 8.70. The first kappa shape index (κ1) is 18.7. The van der Waals surface area contributed by atoms with E-state index in [4.69, 9.17) is 10.5 Å². The third-order valence-electron chi connectivity index (χ3n) is 4.67. The number of ether oxygens (including phenoxy) is 1. The summed E-state index contributed by atoms with van der Waals surface area (Å²) in [7, 11) is 1.73. The Morgan fingerprint density at radius 2 is 1.38 bits per heavy atom. The van der Waals surface area contributed by atoms with Gasteiger partial charge in [0.1, 0.15) is 0 Å². The van der Waals surface area contributed by atoms with Crippen molar-refractivity contribution in [1.82, 2.24) is 4.90 Å². The fourth-order valence-electron chi connectivity index (χ4n) is 2.72. The molecule has 0 fully saturated rings. The van der Waals surface area contributed by atoms with Gasteiger partial charge in [-0.05, 0) is 31.4 Å². The van der Waals surface area contributed by atoms with Gasteiger partial charge in [-0.15, -0.1) is 0 Å². The Kier molecular flexibility index (Phi) is 6.98. The number of hydrogen-bond acceptors (Lipinski definition) is 3. The molecule has 0 heterocycles. The smallest absolute Gasteiger partial charge is 0.0773 e. The summed E-state index contributed by atoms with van der Waals surface area (Å²) in [6, 6.07) is 21.2. The van der Waals surface area contributed by atoms with Gasteiger partial charge in [-0.2, -0.15) is 0 Å². The molecule has 3 nitrogen and oxygen atoms in total. The molecule has 130 valence electrons. The molecule has 2 N–H and O–H groups in total. The summed E-state index contributed by atoms with van der Waals surface area (Å²) in [6.45, 7) is 6.90. The van der Waals surface area contributed by atoms with Gasteiger partial charge >= 0.3 is 0 Å². The second-order valence-electron chi connectivity index (χ2n) is 6.88. The summed E-state index contributed by atoms with van der Waals surface area (Å²) in [5, 5.41) is 0. The van der Waals surface area contributed by atoms with E-state index in [0.29, 0.717) is 0 Å². The second-order valence-corrected chi connectivity index (χ2v) is 6.88. The number of nitrogens with two attached hydrogens (primary N) is 1. The second kappa shape index (κ2) is 8.97. The Balaban J connectivity index is 2.02. The van der Waals surface area contributed by atoms with Crippen molar-refractivity contribution < 1.29 is 4.74 Å². The monoisotopic (exact) mass is 326 g/mol. The van der Waals surface area contributed by atoms with Crippen molar-refractivity contribution >= 4 is 0 Å². The Labute approximate surface area is 146 Å². The van der Waals surface area contributed by atoms with E-state index in [0.717, 1.165) is 26.1 Å². The topological polar surface area (TPSA) is 38.5 Å². The van der Waals surface area contributed by atoms with Crippen molar-refractivity contribution in [2.75, 3.05) is 13.7 Å². The van der Waals surface area contributed by atoms with Crippen LogP contribution in [0, 0.1) is 0 Å². The van der Waals surface area contributed by atoms with Crippen molar-refractivity contribution in [2.24, 2.45) is 5.73 Å². The fraction of sp³-hybridized carbons (Fsp3) is 0.429. The summed E-state index contributed by atoms with van der Waals surface area (Å²) in [6.07, 6.45) is 0.903. The molecule has 0 saturated carbocycles. The maximum absolute atomic E-state index is 6.35. The zero-order valence-electron chi connectivity index (χ0n) is 15.1. The lowest BCUT2D eigenvalue weighted by Crippen LogP contribution is -2.46. The van der Waals surface area contributed by atoms with Gasteiger partial charge in [0.2, 0.25) is 0 Å². The summed E-state index contributed by atoms with van der Waals surface area (Å²) < 4.78 is 5.52. The predicted octanol–water partition coefficient (Wildman–Crippen LogP) is 3.83. The summed E-state index contributed by atoms with van der Waals surface area (Å²) >= 11 is 0. The van der Waals surface area contributed by atoms with E-state index in [1.54, 1.807) is 7.11 Å². The highest BCUT2D eigenvalue weighted by Gasteiger charge is 2.26. The quantitative estimate of drug-likeness (QED) is 0.761. The van der Waals surface area contributed by atoms with Crippen molar-refractivity contribution in [3.8, 4) is 0 Å². The molecule has 0 aromatic heterocycles. The molecule has 0 bridgehead atoms. The molecule has 3 heteroatoms. The number of benzene rings is 2. The first-order chi connectivity index (χ1) is 11.5. The summed E-state index contributed by atoms with van der Waals surface area (Å²) in [4.78, 5) is 2.45. The minimum atomic E-state index is -0.300. The van der Waals surface area contributed by atoms with Gasteiger partial charge in [-0.3, -0.25) is 4.90 Å². The van der Waals surface area contributed by atoms with Gasteiger partial charge in [0, 0.05) is 32.8 Å². The first-order valence-electron chi connectivity index (χ1n) is 8.62. The van der Waals surface area contributed by atoms with Crippen molar-refractivity contribution in [2.45, 2.75) is 45.0 Å². The molecule has 0 aliphatic rings. The lowest BCUT2D eigenvalue weighted by molar-refractivity contribution is -0.00408. The molecule has 0 saturated heterocycles. The number of rotatable bonds is 9. The van der Waals surface area contributed by atoms with E-state index in [-0.39, 0.29) is 11.6 Å². The molecule has 0 aliphatic heterocycles. The van der Waals surface area contributed by atoms with Gasteiger partial charge in [-0.1, -0.05) is 60.7 Å². The molecule has 2 aromatic rings. The molecule has 0 radical (unpaired) electrons. The van der Waals surface area contributed by atoms with Gasteiger partial charge in [-0.25, -0.2) is 0 Å². The molecule has 0 spiro atoms. The molecule has 2 rings (SSSR count). The van der Waals surface area contributed by atoms with Gasteiger partial charge in [0.05, 0.1) is 5.60 Å². The predicted molar refractivity (Wildman–Crippen MR) is 101 cm³/mol. The van der Waals surface area contributed by atoms with Crippen LogP contribution in [0.2, 0.25) is 0 Å². The maximum Gasteiger partial charge on any atom is 0.0773 e. The highest BCUT2D eigenvalue weighted by atomic mass is 16.5. The van der Waals surface area contributed by atoms with Crippen molar-refractivity contribution in [1.29, 1.82) is 0 Å². The maximum atomic E-state index is 6.35. The highest BCUT2D eigenvalue weighted by molar-refractivity contribution is 5.17. The standard InChI is InChI=1S/C21H30N2O/c1-21(2,24-3)20(22)14-15-23(16-18-10-6-4-7-11-18)17-19-12-8-5-9-13-19/h4-13,20H,14-17,22H2,1-3H3. The van der Waals surface area contributed by atoms with Crippen LogP contribution in [0.15, 0.2) is 60.7 Å². The van der Waals surface area contributed by atoms with Crippen LogP contribution in [0.3, 0.4) is 0 Å². The zero-order chi connectivity index (χ0) is 17.4. The molecule has 1 atom stereocenters. The zero-order valence-corrected chi connectivity index (χ0v) is 15.1. The lowest BCUT2D eigenvalue weighted by Gasteiger charge is -2.32. The van der Waals surface area contributed by atoms with Crippen LogP contribution in [-0.2, 0) is 17.8 Å². The van der Waals surface area contributed by atoms with Crippen LogP contribution in [0.1, 0.15) is 31.4 Å². The Bertz CT molecular complexity index is 542. The number of nitrogens with zero attached hydrogens (tertiary/aromatic N) is 1. The molecular weight excluding hydrogens is 296 g/mol. The first-order valence-corrected chi connectivity index (χ1v) is 8.62. The minimum absolute atomic E-state index is 0.0107. The van der Waals surface area contributed by atoms with Crippen LogP contribution in [-0.4, -0.2) is 30.2 Å². The van der Waals surface area contributed by atoms with Crippen LogP contribution in [0.25, 0.3) is 0 Å². The number of hydrogen-bond donors (Lipinski definition) is 1. The van der Waals surface area contributed by atoms with E-state index < -0.39 is 0 Å². The van der Waals surface area contributed by atoms with Crippen LogP contribution in [0.5, 0.6) is 0 Å². The molecule has 1 unspecified atom stereocenters. The highest BCUT2D eigenvalue weighted by Crippen LogP contribution is 2.17. The lowest BCUT2D eigenvalue weighted by atomic mass is 9.96. The van der Waals surface area contributed by atoms with E-state index in [9.17, 15) is 0 Å². The molecule has 24 heavy (non-hydrogen) atoms. The minimum Gasteiger partial charge on any atom is -0.377 e. The van der Waals surface area contributed by atoms with Gasteiger partial charge in [0.25, 0.3) is 0 Å². The third kappa shape index (κ3) is 5.75. The van der Waals surface area contributed by atoms with Crippen LogP contribution < -0.4 is 5.73 Å². The van der Waals surface area contributed by atoms with Gasteiger partial charge < -0.3 is 10.5 Å². The Morgan fingerprint density at radius 3 is 1.79 bits per heavy atom. The van der Waals surface area contributed by atoms with Crippen LogP contribution in [0.4, 0.5) is 0 Å². The average Bonchev–Trinajstić information content (AvgIpc) is 2.61. The molecule has 0 aliphatic carbocycles. The van der Waals surface area contributed by atoms with Crippen molar-refractivity contribution in [3.05, 3.63) is 71.8 Å². The molecular formula is C21H30N2O. The van der Waals surface area contributed by atoms with E-state index >= 15 is 0 Å². The van der Waals surface area contributed by atoms with E-state index in [2.05, 4.69) is 79.4 Å².